The topological polar surface area (TPSA) is 134 Å². The maximum absolute atomic E-state index is 13.5. The molecular formula is C24H34NO8PS3. The van der Waals surface area contributed by atoms with E-state index in [0.717, 1.165) is 48.8 Å². The lowest BCUT2D eigenvalue weighted by molar-refractivity contribution is -0.120. The molecule has 2 aromatic rings. The molecule has 0 aliphatic heterocycles. The highest BCUT2D eigenvalue weighted by Crippen LogP contribution is 2.50. The van der Waals surface area contributed by atoms with Crippen molar-refractivity contribution in [3.8, 4) is 0 Å². The molecule has 0 saturated heterocycles. The van der Waals surface area contributed by atoms with Crippen LogP contribution in [-0.2, 0) is 44.5 Å². The standard InChI is InChI=1S/C24H34NO8PS3/c1-4-32-34(27,33-5-2)17-37(30,31)24-16-25-23(35-24)15-22(26)21(14-18-8-6-7-9-18)19-10-12-20(13-11-19)36(3,28)29/h10-13,16,18,21H,4-9,14-15,17H2,1-3H3/t21-/m1/s1. The Kier molecular flexibility index (Phi) is 10.3. The van der Waals surface area contributed by atoms with Crippen molar-refractivity contribution in [2.75, 3.05) is 25.0 Å². The van der Waals surface area contributed by atoms with E-state index in [0.29, 0.717) is 17.3 Å². The molecule has 1 heterocycles. The Bertz CT molecular complexity index is 1320. The Morgan fingerprint density at radius 3 is 2.22 bits per heavy atom. The molecule has 1 aromatic heterocycles. The van der Waals surface area contributed by atoms with Gasteiger partial charge in [0.05, 0.1) is 30.7 Å². The number of hydrogen-bond donors (Lipinski definition) is 0. The summed E-state index contributed by atoms with van der Waals surface area (Å²) in [5, 5.41) is 0.343. The highest BCUT2D eigenvalue weighted by molar-refractivity contribution is 7.99. The van der Waals surface area contributed by atoms with Gasteiger partial charge in [-0.1, -0.05) is 37.8 Å². The van der Waals surface area contributed by atoms with Gasteiger partial charge in [0, 0.05) is 12.2 Å². The summed E-state index contributed by atoms with van der Waals surface area (Å²) in [5.41, 5.74) is -0.0584. The zero-order valence-electron chi connectivity index (χ0n) is 21.3. The summed E-state index contributed by atoms with van der Waals surface area (Å²) < 4.78 is 72.4. The van der Waals surface area contributed by atoms with Crippen LogP contribution in [0, 0.1) is 5.92 Å². The first kappa shape index (κ1) is 30.1. The number of aromatic nitrogens is 1. The van der Waals surface area contributed by atoms with Crippen LogP contribution in [0.15, 0.2) is 39.6 Å². The van der Waals surface area contributed by atoms with Crippen LogP contribution in [0.25, 0.3) is 0 Å². The second-order valence-electron chi connectivity index (χ2n) is 9.19. The Morgan fingerprint density at radius 2 is 1.68 bits per heavy atom. The lowest BCUT2D eigenvalue weighted by Crippen LogP contribution is -2.18. The zero-order valence-corrected chi connectivity index (χ0v) is 24.6. The number of Topliss-reactive ketones (excluding diaryl/α,β-unsaturated/α-hetero) is 1. The van der Waals surface area contributed by atoms with Gasteiger partial charge in [-0.25, -0.2) is 21.8 Å². The molecule has 1 aliphatic rings. The van der Waals surface area contributed by atoms with Crippen LogP contribution in [0.5, 0.6) is 0 Å². The van der Waals surface area contributed by atoms with Crippen LogP contribution in [-0.4, -0.2) is 52.6 Å². The van der Waals surface area contributed by atoms with Gasteiger partial charge < -0.3 is 9.05 Å². The van der Waals surface area contributed by atoms with E-state index >= 15 is 0 Å². The van der Waals surface area contributed by atoms with E-state index in [9.17, 15) is 26.2 Å². The minimum Gasteiger partial charge on any atom is -0.308 e. The van der Waals surface area contributed by atoms with Gasteiger partial charge in [-0.15, -0.1) is 11.3 Å². The van der Waals surface area contributed by atoms with E-state index in [1.165, 1.54) is 18.3 Å². The third-order valence-electron chi connectivity index (χ3n) is 6.29. The van der Waals surface area contributed by atoms with Crippen molar-refractivity contribution in [1.82, 2.24) is 4.98 Å². The molecule has 1 fully saturated rings. The number of hydrogen-bond acceptors (Lipinski definition) is 10. The lowest BCUT2D eigenvalue weighted by Gasteiger charge is -2.20. The number of nitrogens with zero attached hydrogens (tertiary/aromatic N) is 1. The van der Waals surface area contributed by atoms with Gasteiger partial charge in [-0.05, 0) is 43.9 Å². The van der Waals surface area contributed by atoms with Crippen LogP contribution in [0.4, 0.5) is 0 Å². The molecule has 3 rings (SSSR count). The van der Waals surface area contributed by atoms with Crippen molar-refractivity contribution >= 4 is 44.4 Å². The number of carbonyl (C=O) groups excluding carboxylic acids is 1. The molecular weight excluding hydrogens is 557 g/mol. The van der Waals surface area contributed by atoms with E-state index in [-0.39, 0.29) is 34.5 Å². The minimum atomic E-state index is -4.01. The average Bonchev–Trinajstić information content (AvgIpc) is 3.49. The van der Waals surface area contributed by atoms with Gasteiger partial charge in [0.1, 0.15) is 15.0 Å². The molecule has 1 aliphatic carbocycles. The molecule has 0 N–H and O–H groups in total. The molecule has 0 spiro atoms. The number of rotatable bonds is 14. The molecule has 9 nitrogen and oxygen atoms in total. The Balaban J connectivity index is 1.80. The van der Waals surface area contributed by atoms with Crippen molar-refractivity contribution < 1.29 is 35.2 Å². The predicted molar refractivity (Wildman–Crippen MR) is 143 cm³/mol. The second-order valence-corrected chi connectivity index (χ2v) is 17.0. The smallest absolute Gasteiger partial charge is 0.308 e. The molecule has 1 saturated carbocycles. The van der Waals surface area contributed by atoms with Crippen LogP contribution in [0.3, 0.4) is 0 Å². The van der Waals surface area contributed by atoms with Crippen LogP contribution in [0.1, 0.15) is 62.4 Å². The van der Waals surface area contributed by atoms with Gasteiger partial charge in [0.15, 0.2) is 15.3 Å². The largest absolute Gasteiger partial charge is 0.346 e. The summed E-state index contributed by atoms with van der Waals surface area (Å²) >= 11 is 0.875. The normalized spacial score (nSPS) is 16.2. The van der Waals surface area contributed by atoms with Crippen LogP contribution < -0.4 is 0 Å². The van der Waals surface area contributed by atoms with Gasteiger partial charge in [-0.3, -0.25) is 9.36 Å². The van der Waals surface area contributed by atoms with Crippen molar-refractivity contribution in [3.63, 3.8) is 0 Å². The van der Waals surface area contributed by atoms with E-state index in [1.807, 2.05) is 0 Å². The second kappa shape index (κ2) is 12.6. The quantitative estimate of drug-likeness (QED) is 0.278. The first-order chi connectivity index (χ1) is 17.4. The van der Waals surface area contributed by atoms with E-state index in [2.05, 4.69) is 4.98 Å². The first-order valence-corrected chi connectivity index (χ1v) is 18.3. The van der Waals surface area contributed by atoms with Gasteiger partial charge in [0.25, 0.3) is 0 Å². The summed E-state index contributed by atoms with van der Waals surface area (Å²) in [6, 6.07) is 6.40. The number of ketones is 1. The lowest BCUT2D eigenvalue weighted by atomic mass is 9.84. The summed E-state index contributed by atoms with van der Waals surface area (Å²) in [5.74, 6) is -0.148. The SMILES string of the molecule is CCOP(=O)(CS(=O)(=O)c1cnc(CC(=O)[C@H](CC2CCCC2)c2ccc(S(C)(=O)=O)cc2)s1)OCC. The van der Waals surface area contributed by atoms with Crippen molar-refractivity contribution in [2.24, 2.45) is 5.92 Å². The molecule has 0 radical (unpaired) electrons. The number of carbonyl (C=O) groups is 1. The van der Waals surface area contributed by atoms with Gasteiger partial charge >= 0.3 is 7.60 Å². The van der Waals surface area contributed by atoms with E-state index in [4.69, 9.17) is 9.05 Å². The minimum absolute atomic E-state index is 0.0444. The number of sulfone groups is 2. The molecule has 37 heavy (non-hydrogen) atoms. The molecule has 0 unspecified atom stereocenters. The Morgan fingerprint density at radius 1 is 1.08 bits per heavy atom. The molecule has 1 atom stereocenters. The first-order valence-electron chi connectivity index (χ1n) is 12.2. The molecule has 1 aromatic carbocycles. The van der Waals surface area contributed by atoms with Crippen molar-refractivity contribution in [3.05, 3.63) is 41.0 Å². The monoisotopic (exact) mass is 591 g/mol. The molecule has 13 heteroatoms. The maximum Gasteiger partial charge on any atom is 0.346 e. The highest BCUT2D eigenvalue weighted by Gasteiger charge is 2.34. The maximum atomic E-state index is 13.5. The third-order valence-corrected chi connectivity index (χ3v) is 13.9. The van der Waals surface area contributed by atoms with Crippen molar-refractivity contribution in [2.45, 2.75) is 67.4 Å². The number of benzene rings is 1. The predicted octanol–water partition coefficient (Wildman–Crippen LogP) is 5.02. The molecule has 0 bridgehead atoms. The average molecular weight is 592 g/mol. The highest BCUT2D eigenvalue weighted by atomic mass is 32.2. The summed E-state index contributed by atoms with van der Waals surface area (Å²) in [6.07, 6.45) is 7.25. The third kappa shape index (κ3) is 8.28. The zero-order chi connectivity index (χ0) is 27.3. The fraction of sp³-hybridized carbons (Fsp3) is 0.583. The Labute approximate surface area is 223 Å². The van der Waals surface area contributed by atoms with E-state index < -0.39 is 38.7 Å². The van der Waals surface area contributed by atoms with E-state index in [1.54, 1.807) is 26.0 Å². The van der Waals surface area contributed by atoms with Crippen molar-refractivity contribution in [1.29, 1.82) is 0 Å². The Hall–Kier alpha value is -1.43. The molecule has 206 valence electrons. The summed E-state index contributed by atoms with van der Waals surface area (Å²) in [7, 11) is -11.2. The van der Waals surface area contributed by atoms with Gasteiger partial charge in [-0.2, -0.15) is 0 Å². The number of thiazole rings is 1. The fourth-order valence-electron chi connectivity index (χ4n) is 4.55. The fourth-order valence-corrected chi connectivity index (χ4v) is 11.0. The summed E-state index contributed by atoms with van der Waals surface area (Å²) in [6.45, 7) is 3.29. The molecule has 0 amide bonds. The summed E-state index contributed by atoms with van der Waals surface area (Å²) in [4.78, 5) is 17.8. The van der Waals surface area contributed by atoms with Gasteiger partial charge in [0.2, 0.25) is 9.84 Å². The van der Waals surface area contributed by atoms with Crippen LogP contribution in [0.2, 0.25) is 0 Å². The van der Waals surface area contributed by atoms with Crippen LogP contribution >= 0.6 is 18.9 Å².